The van der Waals surface area contributed by atoms with E-state index in [9.17, 15) is 9.90 Å². The van der Waals surface area contributed by atoms with E-state index < -0.39 is 11.8 Å². The number of esters is 1. The predicted octanol–water partition coefficient (Wildman–Crippen LogP) is 0.574. The zero-order valence-electron chi connectivity index (χ0n) is 10.2. The summed E-state index contributed by atoms with van der Waals surface area (Å²) in [5, 5.41) is 9.76. The van der Waals surface area contributed by atoms with Crippen molar-refractivity contribution in [2.45, 2.75) is 12.7 Å². The van der Waals surface area contributed by atoms with E-state index in [-0.39, 0.29) is 16.8 Å². The van der Waals surface area contributed by atoms with Gasteiger partial charge in [-0.3, -0.25) is 0 Å². The van der Waals surface area contributed by atoms with Gasteiger partial charge in [0.2, 0.25) is 0 Å². The fraction of sp³-hybridized carbons (Fsp3) is 0.417. The van der Waals surface area contributed by atoms with E-state index >= 15 is 0 Å². The van der Waals surface area contributed by atoms with Crippen LogP contribution < -0.4 is 0 Å². The van der Waals surface area contributed by atoms with Crippen LogP contribution in [0.2, 0.25) is 0 Å². The van der Waals surface area contributed by atoms with E-state index in [1.54, 1.807) is 19.1 Å². The molecule has 0 saturated carbocycles. The third kappa shape index (κ3) is 2.31. The molecule has 100 valence electrons. The van der Waals surface area contributed by atoms with Crippen molar-refractivity contribution in [3.8, 4) is 5.75 Å². The smallest absolute Gasteiger partial charge is 0.342 e. The number of phenolic OH excluding ortho intramolecular Hbond substituents is 1. The molecule has 18 heavy (non-hydrogen) atoms. The average Bonchev–Trinajstić information content (AvgIpc) is 2.76. The zero-order valence-corrected chi connectivity index (χ0v) is 10.2. The topological polar surface area (TPSA) is 96.5 Å². The molecule has 1 aliphatic heterocycles. The highest BCUT2D eigenvalue weighted by Crippen LogP contribution is 2.36. The molecule has 0 aliphatic carbocycles. The number of benzene rings is 1. The van der Waals surface area contributed by atoms with Crippen molar-refractivity contribution in [1.29, 1.82) is 0 Å². The van der Waals surface area contributed by atoms with Gasteiger partial charge >= 0.3 is 5.97 Å². The Kier molecular flexibility index (Phi) is 4.28. The second kappa shape index (κ2) is 5.34. The monoisotopic (exact) mass is 256 g/mol. The second-order valence-corrected chi connectivity index (χ2v) is 3.83. The van der Waals surface area contributed by atoms with E-state index in [1.165, 1.54) is 13.2 Å². The van der Waals surface area contributed by atoms with Gasteiger partial charge in [-0.15, -0.1) is 0 Å². The lowest BCUT2D eigenvalue weighted by atomic mass is 9.99. The summed E-state index contributed by atoms with van der Waals surface area (Å²) in [4.78, 5) is 11.7. The first-order valence-electron chi connectivity index (χ1n) is 5.27. The molecule has 1 fully saturated rings. The Morgan fingerprint density at radius 1 is 1.39 bits per heavy atom. The van der Waals surface area contributed by atoms with Crippen LogP contribution in [0.5, 0.6) is 5.75 Å². The molecular formula is C12H16O6. The predicted molar refractivity (Wildman–Crippen MR) is 62.3 cm³/mol. The van der Waals surface area contributed by atoms with Gasteiger partial charge < -0.3 is 24.8 Å². The van der Waals surface area contributed by atoms with Gasteiger partial charge in [0.15, 0.2) is 5.79 Å². The SMILES string of the molecule is COC(=O)c1c(O)cccc1C1(C)OCCO1.O. The van der Waals surface area contributed by atoms with E-state index in [2.05, 4.69) is 4.74 Å². The van der Waals surface area contributed by atoms with Gasteiger partial charge in [-0.2, -0.15) is 0 Å². The number of ether oxygens (including phenoxy) is 3. The van der Waals surface area contributed by atoms with Crippen LogP contribution in [0.1, 0.15) is 22.8 Å². The van der Waals surface area contributed by atoms with Crippen molar-refractivity contribution in [2.75, 3.05) is 20.3 Å². The van der Waals surface area contributed by atoms with E-state index in [0.717, 1.165) is 0 Å². The molecule has 1 saturated heterocycles. The van der Waals surface area contributed by atoms with Gasteiger partial charge in [0, 0.05) is 5.56 Å². The van der Waals surface area contributed by atoms with Gasteiger partial charge in [0.05, 0.1) is 20.3 Å². The summed E-state index contributed by atoms with van der Waals surface area (Å²) >= 11 is 0. The Bertz CT molecular complexity index is 436. The second-order valence-electron chi connectivity index (χ2n) is 3.83. The molecule has 6 nitrogen and oxygen atoms in total. The molecule has 3 N–H and O–H groups in total. The summed E-state index contributed by atoms with van der Waals surface area (Å²) in [5.74, 6) is -1.77. The van der Waals surface area contributed by atoms with E-state index in [4.69, 9.17) is 9.47 Å². The molecule has 0 bridgehead atoms. The van der Waals surface area contributed by atoms with Crippen LogP contribution in [0.4, 0.5) is 0 Å². The summed E-state index contributed by atoms with van der Waals surface area (Å²) in [6, 6.07) is 4.73. The van der Waals surface area contributed by atoms with Crippen molar-refractivity contribution in [1.82, 2.24) is 0 Å². The Balaban J connectivity index is 0.00000162. The van der Waals surface area contributed by atoms with Crippen LogP contribution in [-0.4, -0.2) is 36.9 Å². The number of carbonyl (C=O) groups is 1. The van der Waals surface area contributed by atoms with Crippen molar-refractivity contribution < 1.29 is 29.6 Å². The van der Waals surface area contributed by atoms with Gasteiger partial charge in [0.25, 0.3) is 0 Å². The molecule has 1 aromatic rings. The maximum Gasteiger partial charge on any atom is 0.342 e. The first-order chi connectivity index (χ1) is 8.08. The lowest BCUT2D eigenvalue weighted by Crippen LogP contribution is -2.25. The highest BCUT2D eigenvalue weighted by Gasteiger charge is 2.37. The lowest BCUT2D eigenvalue weighted by molar-refractivity contribution is -0.150. The summed E-state index contributed by atoms with van der Waals surface area (Å²) in [6.07, 6.45) is 0. The summed E-state index contributed by atoms with van der Waals surface area (Å²) in [6.45, 7) is 2.61. The van der Waals surface area contributed by atoms with Crippen LogP contribution in [0.15, 0.2) is 18.2 Å². The summed E-state index contributed by atoms with van der Waals surface area (Å²) in [7, 11) is 1.26. The highest BCUT2D eigenvalue weighted by molar-refractivity contribution is 5.94. The van der Waals surface area contributed by atoms with Gasteiger partial charge in [-0.05, 0) is 13.0 Å². The average molecular weight is 256 g/mol. The number of rotatable bonds is 2. The Hall–Kier alpha value is -1.63. The minimum Gasteiger partial charge on any atom is -0.507 e. The van der Waals surface area contributed by atoms with Crippen LogP contribution in [0, 0.1) is 0 Å². The lowest BCUT2D eigenvalue weighted by Gasteiger charge is -2.25. The first-order valence-corrected chi connectivity index (χ1v) is 5.27. The first kappa shape index (κ1) is 14.4. The van der Waals surface area contributed by atoms with Gasteiger partial charge in [-0.25, -0.2) is 4.79 Å². The number of phenols is 1. The maximum atomic E-state index is 11.7. The molecular weight excluding hydrogens is 240 g/mol. The standard InChI is InChI=1S/C12H14O5.H2O/c1-12(16-6-7-17-12)8-4-3-5-9(13)10(8)11(14)15-2;/h3-5,13H,6-7H2,1-2H3;1H2. The Morgan fingerprint density at radius 3 is 2.56 bits per heavy atom. The third-order valence-electron chi connectivity index (χ3n) is 2.76. The molecule has 1 aromatic carbocycles. The summed E-state index contributed by atoms with van der Waals surface area (Å²) in [5.41, 5.74) is 0.557. The molecule has 2 rings (SSSR count). The molecule has 1 heterocycles. The van der Waals surface area contributed by atoms with Gasteiger partial charge in [0.1, 0.15) is 11.3 Å². The molecule has 0 radical (unpaired) electrons. The molecule has 0 amide bonds. The van der Waals surface area contributed by atoms with E-state index in [0.29, 0.717) is 18.8 Å². The number of hydrogen-bond donors (Lipinski definition) is 1. The zero-order chi connectivity index (χ0) is 12.5. The van der Waals surface area contributed by atoms with Crippen molar-refractivity contribution in [2.24, 2.45) is 0 Å². The molecule has 0 unspecified atom stereocenters. The quantitative estimate of drug-likeness (QED) is 0.780. The highest BCUT2D eigenvalue weighted by atomic mass is 16.7. The molecule has 6 heteroatoms. The normalized spacial score (nSPS) is 17.0. The number of methoxy groups -OCH3 is 1. The minimum absolute atomic E-state index is 0. The molecule has 0 atom stereocenters. The largest absolute Gasteiger partial charge is 0.507 e. The number of carbonyl (C=O) groups excluding carboxylic acids is 1. The molecule has 0 spiro atoms. The third-order valence-corrected chi connectivity index (χ3v) is 2.76. The fourth-order valence-corrected chi connectivity index (χ4v) is 1.91. The summed E-state index contributed by atoms with van der Waals surface area (Å²) < 4.78 is 15.6. The van der Waals surface area contributed by atoms with Crippen molar-refractivity contribution >= 4 is 5.97 Å². The Labute approximate surface area is 104 Å². The van der Waals surface area contributed by atoms with Crippen LogP contribution >= 0.6 is 0 Å². The minimum atomic E-state index is -1.01. The molecule has 1 aliphatic rings. The fourth-order valence-electron chi connectivity index (χ4n) is 1.91. The van der Waals surface area contributed by atoms with Crippen molar-refractivity contribution in [3.05, 3.63) is 29.3 Å². The van der Waals surface area contributed by atoms with Crippen LogP contribution in [0.3, 0.4) is 0 Å². The van der Waals surface area contributed by atoms with Crippen LogP contribution in [-0.2, 0) is 20.0 Å². The van der Waals surface area contributed by atoms with Gasteiger partial charge in [-0.1, -0.05) is 12.1 Å². The maximum absolute atomic E-state index is 11.7. The van der Waals surface area contributed by atoms with Crippen LogP contribution in [0.25, 0.3) is 0 Å². The number of aromatic hydroxyl groups is 1. The molecule has 0 aromatic heterocycles. The van der Waals surface area contributed by atoms with E-state index in [1.807, 2.05) is 0 Å². The Morgan fingerprint density at radius 2 is 2.00 bits per heavy atom. The number of hydrogen-bond acceptors (Lipinski definition) is 5. The van der Waals surface area contributed by atoms with Crippen molar-refractivity contribution in [3.63, 3.8) is 0 Å².